The first kappa shape index (κ1) is 22.9. The Labute approximate surface area is 189 Å². The van der Waals surface area contributed by atoms with Crippen LogP contribution in [-0.2, 0) is 26.0 Å². The molecule has 2 aromatic rings. The second-order valence-corrected chi connectivity index (χ2v) is 9.40. The van der Waals surface area contributed by atoms with Crippen molar-refractivity contribution in [3.63, 3.8) is 0 Å². The molecule has 2 amide bonds. The van der Waals surface area contributed by atoms with Crippen LogP contribution >= 0.6 is 11.6 Å². The largest absolute Gasteiger partial charge is 0.452 e. The van der Waals surface area contributed by atoms with Crippen LogP contribution in [0.15, 0.2) is 41.3 Å². The van der Waals surface area contributed by atoms with Gasteiger partial charge in [-0.05, 0) is 74.2 Å². The molecule has 0 bridgehead atoms. The molecular weight excluding hydrogens is 442 g/mol. The third-order valence-corrected chi connectivity index (χ3v) is 6.93. The highest BCUT2D eigenvalue weighted by Gasteiger charge is 2.27. The van der Waals surface area contributed by atoms with Gasteiger partial charge in [-0.3, -0.25) is 4.79 Å². The van der Waals surface area contributed by atoms with Gasteiger partial charge in [-0.1, -0.05) is 11.6 Å². The molecule has 0 saturated carbocycles. The summed E-state index contributed by atoms with van der Waals surface area (Å²) in [6, 6.07) is 9.05. The average Bonchev–Trinajstić information content (AvgIpc) is 2.73. The van der Waals surface area contributed by atoms with Gasteiger partial charge in [0.1, 0.15) is 6.04 Å². The predicted octanol–water partition coefficient (Wildman–Crippen LogP) is 3.96. The van der Waals surface area contributed by atoms with Crippen molar-refractivity contribution in [2.45, 2.75) is 37.6 Å². The molecule has 0 saturated heterocycles. The maximum Gasteiger partial charge on any atom is 0.420 e. The van der Waals surface area contributed by atoms with Gasteiger partial charge in [0, 0.05) is 25.8 Å². The van der Waals surface area contributed by atoms with Crippen molar-refractivity contribution in [1.82, 2.24) is 4.72 Å². The lowest BCUT2D eigenvalue weighted by Gasteiger charge is -2.36. The third-order valence-electron chi connectivity index (χ3n) is 5.20. The molecular formula is C21H28ClN3O5S. The number of hydrogen-bond donors (Lipinski definition) is 2. The average molecular weight is 470 g/mol. The Morgan fingerprint density at radius 1 is 1.23 bits per heavy atom. The van der Waals surface area contributed by atoms with E-state index in [0.29, 0.717) is 5.69 Å². The first-order chi connectivity index (χ1) is 14.6. The van der Waals surface area contributed by atoms with Crippen LogP contribution in [-0.4, -0.2) is 40.1 Å². The molecule has 0 aromatic heterocycles. The highest BCUT2D eigenvalue weighted by Crippen LogP contribution is 2.33. The monoisotopic (exact) mass is 469 g/mol. The van der Waals surface area contributed by atoms with Gasteiger partial charge in [0.2, 0.25) is 5.91 Å². The van der Waals surface area contributed by atoms with E-state index in [9.17, 15) is 18.0 Å². The first-order valence-electron chi connectivity index (χ1n) is 9.69. The molecule has 31 heavy (non-hydrogen) atoms. The normalized spacial score (nSPS) is 14.4. The Balaban J connectivity index is 0.00000272. The van der Waals surface area contributed by atoms with E-state index in [4.69, 9.17) is 11.6 Å². The van der Waals surface area contributed by atoms with Crippen LogP contribution in [0.4, 0.5) is 16.2 Å². The summed E-state index contributed by atoms with van der Waals surface area (Å²) in [6.45, 7) is 4.51. The van der Waals surface area contributed by atoms with Crippen LogP contribution in [0.3, 0.4) is 0 Å². The quantitative estimate of drug-likeness (QED) is 0.686. The SMILES string of the molecule is COC(=O)NS(=O)(=O)c1ccc(NC(=O)[C@@H](C)N2CCCc3cc(Cl)c(C)cc32)cc1.[HH].[HH]. The number of benzene rings is 2. The topological polar surface area (TPSA) is 105 Å². The number of halogens is 1. The predicted molar refractivity (Wildman–Crippen MR) is 123 cm³/mol. The van der Waals surface area contributed by atoms with Crippen LogP contribution in [0.1, 0.15) is 27.3 Å². The second kappa shape index (κ2) is 9.15. The lowest BCUT2D eigenvalue weighted by Crippen LogP contribution is -2.44. The molecule has 1 heterocycles. The summed E-state index contributed by atoms with van der Waals surface area (Å²) in [5.41, 5.74) is 3.52. The third kappa shape index (κ3) is 5.11. The number of amides is 2. The van der Waals surface area contributed by atoms with E-state index >= 15 is 0 Å². The van der Waals surface area contributed by atoms with Crippen LogP contribution in [0, 0.1) is 6.92 Å². The van der Waals surface area contributed by atoms with Gasteiger partial charge < -0.3 is 15.0 Å². The number of anilines is 2. The summed E-state index contributed by atoms with van der Waals surface area (Å²) in [6.07, 6.45) is 0.754. The van der Waals surface area contributed by atoms with Crippen LogP contribution in [0.5, 0.6) is 0 Å². The van der Waals surface area contributed by atoms with Crippen molar-refractivity contribution >= 4 is 45.0 Å². The van der Waals surface area contributed by atoms with Gasteiger partial charge in [-0.15, -0.1) is 0 Å². The van der Waals surface area contributed by atoms with Crippen molar-refractivity contribution < 1.29 is 25.6 Å². The Morgan fingerprint density at radius 3 is 2.55 bits per heavy atom. The summed E-state index contributed by atoms with van der Waals surface area (Å²) < 4.78 is 30.3. The minimum Gasteiger partial charge on any atom is -0.452 e. The standard InChI is InChI=1S/C21H24ClN3O5S.2H2/c1-13-11-19-15(12-18(13)22)5-4-10-25(19)14(2)20(26)23-16-6-8-17(9-7-16)31(28,29)24-21(27)30-3;;/h6-9,11-12,14H,4-5,10H2,1-3H3,(H,23,26)(H,24,27);2*1H/t14-;;/m1../s1. The fourth-order valence-electron chi connectivity index (χ4n) is 3.45. The Kier molecular flexibility index (Phi) is 6.76. The van der Waals surface area contributed by atoms with Gasteiger partial charge >= 0.3 is 6.09 Å². The van der Waals surface area contributed by atoms with Gasteiger partial charge in [0.05, 0.1) is 12.0 Å². The molecule has 10 heteroatoms. The zero-order valence-corrected chi connectivity index (χ0v) is 19.0. The minimum absolute atomic E-state index is 0. The molecule has 0 unspecified atom stereocenters. The van der Waals surface area contributed by atoms with Crippen molar-refractivity contribution in [3.05, 3.63) is 52.5 Å². The van der Waals surface area contributed by atoms with Gasteiger partial charge in [0.15, 0.2) is 0 Å². The summed E-state index contributed by atoms with van der Waals surface area (Å²) >= 11 is 6.25. The number of aryl methyl sites for hydroxylation is 2. The van der Waals surface area contributed by atoms with E-state index in [1.807, 2.05) is 26.0 Å². The highest BCUT2D eigenvalue weighted by atomic mass is 35.5. The maximum atomic E-state index is 12.9. The van der Waals surface area contributed by atoms with E-state index in [1.165, 1.54) is 24.3 Å². The highest BCUT2D eigenvalue weighted by molar-refractivity contribution is 7.90. The number of hydrogen-bond acceptors (Lipinski definition) is 6. The molecule has 1 aliphatic heterocycles. The summed E-state index contributed by atoms with van der Waals surface area (Å²) in [7, 11) is -2.98. The lowest BCUT2D eigenvalue weighted by molar-refractivity contribution is -0.117. The Bertz CT molecular complexity index is 1110. The maximum absolute atomic E-state index is 12.9. The Morgan fingerprint density at radius 2 is 1.90 bits per heavy atom. The second-order valence-electron chi connectivity index (χ2n) is 7.31. The Hall–Kier alpha value is -2.78. The number of methoxy groups -OCH3 is 1. The van der Waals surface area contributed by atoms with E-state index < -0.39 is 22.2 Å². The molecule has 0 aliphatic carbocycles. The number of fused-ring (bicyclic) bond motifs is 1. The fourth-order valence-corrected chi connectivity index (χ4v) is 4.55. The van der Waals surface area contributed by atoms with E-state index in [0.717, 1.165) is 48.3 Å². The summed E-state index contributed by atoms with van der Waals surface area (Å²) in [5, 5.41) is 3.53. The zero-order valence-electron chi connectivity index (χ0n) is 17.4. The molecule has 0 radical (unpaired) electrons. The number of ether oxygens (including phenoxy) is 1. The molecule has 0 fully saturated rings. The summed E-state index contributed by atoms with van der Waals surface area (Å²) in [5.74, 6) is -0.219. The fraction of sp³-hybridized carbons (Fsp3) is 0.333. The molecule has 1 atom stereocenters. The number of nitrogens with one attached hydrogen (secondary N) is 2. The molecule has 8 nitrogen and oxygen atoms in total. The smallest absolute Gasteiger partial charge is 0.420 e. The van der Waals surface area contributed by atoms with Gasteiger partial charge in [0.25, 0.3) is 10.0 Å². The molecule has 170 valence electrons. The molecule has 0 spiro atoms. The van der Waals surface area contributed by atoms with Crippen LogP contribution in [0.25, 0.3) is 0 Å². The number of carbonyl (C=O) groups is 2. The minimum atomic E-state index is -4.05. The van der Waals surface area contributed by atoms with E-state index in [2.05, 4.69) is 15.0 Å². The summed E-state index contributed by atoms with van der Waals surface area (Å²) in [4.78, 5) is 26.0. The molecule has 1 aliphatic rings. The van der Waals surface area contributed by atoms with Crippen LogP contribution < -0.4 is 14.9 Å². The molecule has 2 aromatic carbocycles. The van der Waals surface area contributed by atoms with Crippen molar-refractivity contribution in [2.24, 2.45) is 0 Å². The van der Waals surface area contributed by atoms with Crippen molar-refractivity contribution in [1.29, 1.82) is 0 Å². The van der Waals surface area contributed by atoms with E-state index in [1.54, 1.807) is 4.72 Å². The van der Waals surface area contributed by atoms with Crippen molar-refractivity contribution in [3.8, 4) is 0 Å². The number of nitrogens with zero attached hydrogens (tertiary/aromatic N) is 1. The van der Waals surface area contributed by atoms with Gasteiger partial charge in [-0.2, -0.15) is 0 Å². The van der Waals surface area contributed by atoms with E-state index in [-0.39, 0.29) is 13.7 Å². The molecule has 3 rings (SSSR count). The zero-order chi connectivity index (χ0) is 22.8. The lowest BCUT2D eigenvalue weighted by atomic mass is 9.98. The molecule has 2 N–H and O–H groups in total. The van der Waals surface area contributed by atoms with Crippen LogP contribution in [0.2, 0.25) is 5.02 Å². The first-order valence-corrected chi connectivity index (χ1v) is 11.6. The number of sulfonamides is 1. The van der Waals surface area contributed by atoms with Crippen molar-refractivity contribution in [2.75, 3.05) is 23.9 Å². The van der Waals surface area contributed by atoms with Gasteiger partial charge in [-0.25, -0.2) is 17.9 Å². The number of rotatable bonds is 5. The number of carbonyl (C=O) groups excluding carboxylic acids is 2.